The highest BCUT2D eigenvalue weighted by Gasteiger charge is 2.72. The number of hydrogen-bond donors (Lipinski definition) is 2. The average molecular weight is 415 g/mol. The number of aromatic nitrogens is 1. The molecule has 0 spiro atoms. The van der Waals surface area contributed by atoms with Crippen LogP contribution in [0.25, 0.3) is 0 Å². The third-order valence-electron chi connectivity index (χ3n) is 4.57. The molecular formula is C16H19F6N3O3. The topological polar surface area (TPSA) is 76.9 Å². The maximum atomic E-state index is 13.1. The van der Waals surface area contributed by atoms with E-state index in [-0.39, 0.29) is 38.2 Å². The number of rotatable bonds is 4. The molecule has 158 valence electrons. The quantitative estimate of drug-likeness (QED) is 0.739. The number of alkyl halides is 6. The lowest BCUT2D eigenvalue weighted by Gasteiger charge is -2.36. The van der Waals surface area contributed by atoms with E-state index in [1.165, 1.54) is 0 Å². The van der Waals surface area contributed by atoms with E-state index in [9.17, 15) is 36.2 Å². The minimum absolute atomic E-state index is 0.137. The highest BCUT2D eigenvalue weighted by Crippen LogP contribution is 2.49. The number of aliphatic hydroxyl groups is 1. The summed E-state index contributed by atoms with van der Waals surface area (Å²) in [7, 11) is 0. The number of piperazine rings is 1. The molecule has 0 radical (unpaired) electrons. The molecule has 1 aromatic heterocycles. The maximum absolute atomic E-state index is 13.1. The zero-order valence-electron chi connectivity index (χ0n) is 14.8. The van der Waals surface area contributed by atoms with Gasteiger partial charge in [-0.2, -0.15) is 26.3 Å². The second-order valence-electron chi connectivity index (χ2n) is 6.41. The van der Waals surface area contributed by atoms with Gasteiger partial charge in [0.05, 0.1) is 17.6 Å². The van der Waals surface area contributed by atoms with Gasteiger partial charge < -0.3 is 20.0 Å². The van der Waals surface area contributed by atoms with E-state index >= 15 is 0 Å². The van der Waals surface area contributed by atoms with E-state index in [0.717, 1.165) is 11.1 Å². The third kappa shape index (κ3) is 3.96. The molecule has 0 unspecified atom stereocenters. The lowest BCUT2D eigenvalue weighted by Crippen LogP contribution is -2.54. The minimum Gasteiger partial charge on any atom is -0.465 e. The standard InChI is InChI=1S/C16H19F6N3O3/c1-2-3-10-8-12(14(28,15(17,18)19)16(20,21)22)23-9-11(10)24-4-6-25(7-5-24)13(26)27/h8-9,28H,2-7H2,1H3,(H,26,27). The van der Waals surface area contributed by atoms with E-state index in [2.05, 4.69) is 4.98 Å². The first-order valence-corrected chi connectivity index (χ1v) is 8.41. The van der Waals surface area contributed by atoms with Gasteiger partial charge in [-0.3, -0.25) is 4.98 Å². The molecule has 0 atom stereocenters. The predicted octanol–water partition coefficient (Wildman–Crippen LogP) is 3.15. The van der Waals surface area contributed by atoms with Gasteiger partial charge >= 0.3 is 18.4 Å². The normalized spacial score (nSPS) is 16.4. The van der Waals surface area contributed by atoms with Gasteiger partial charge in [0.15, 0.2) is 0 Å². The van der Waals surface area contributed by atoms with Crippen molar-refractivity contribution in [2.45, 2.75) is 37.7 Å². The van der Waals surface area contributed by atoms with Crippen molar-refractivity contribution in [1.29, 1.82) is 0 Å². The number of hydrogen-bond acceptors (Lipinski definition) is 4. The molecule has 28 heavy (non-hydrogen) atoms. The largest absolute Gasteiger partial charge is 0.465 e. The molecule has 0 bridgehead atoms. The molecule has 0 aliphatic carbocycles. The maximum Gasteiger partial charge on any atom is 0.432 e. The summed E-state index contributed by atoms with van der Waals surface area (Å²) in [6.07, 6.45) is -11.6. The summed E-state index contributed by atoms with van der Waals surface area (Å²) in [5.41, 5.74) is -6.13. The third-order valence-corrected chi connectivity index (χ3v) is 4.57. The van der Waals surface area contributed by atoms with Crippen LogP contribution in [-0.4, -0.2) is 64.7 Å². The molecule has 0 saturated carbocycles. The van der Waals surface area contributed by atoms with Crippen molar-refractivity contribution in [3.8, 4) is 0 Å². The zero-order chi connectivity index (χ0) is 21.3. The summed E-state index contributed by atoms with van der Waals surface area (Å²) in [5, 5.41) is 18.5. The molecule has 1 amide bonds. The Morgan fingerprint density at radius 2 is 1.64 bits per heavy atom. The fraction of sp³-hybridized carbons (Fsp3) is 0.625. The first kappa shape index (κ1) is 22.1. The smallest absolute Gasteiger partial charge is 0.432 e. The number of carbonyl (C=O) groups is 1. The van der Waals surface area contributed by atoms with Gasteiger partial charge in [-0.1, -0.05) is 13.3 Å². The lowest BCUT2D eigenvalue weighted by atomic mass is 9.94. The van der Waals surface area contributed by atoms with Crippen molar-refractivity contribution in [1.82, 2.24) is 9.88 Å². The van der Waals surface area contributed by atoms with Crippen LogP contribution in [0.4, 0.5) is 36.8 Å². The van der Waals surface area contributed by atoms with Gasteiger partial charge in [-0.15, -0.1) is 0 Å². The molecule has 2 rings (SSSR count). The van der Waals surface area contributed by atoms with Crippen LogP contribution in [0.1, 0.15) is 24.6 Å². The SMILES string of the molecule is CCCc1cc(C(O)(C(F)(F)F)C(F)(F)F)ncc1N1CCN(C(=O)O)CC1. The molecule has 0 aromatic carbocycles. The van der Waals surface area contributed by atoms with Crippen molar-refractivity contribution in [3.63, 3.8) is 0 Å². The summed E-state index contributed by atoms with van der Waals surface area (Å²) >= 11 is 0. The fourth-order valence-electron chi connectivity index (χ4n) is 3.03. The molecular weight excluding hydrogens is 396 g/mol. The monoisotopic (exact) mass is 415 g/mol. The number of carboxylic acid groups (broad SMARTS) is 1. The van der Waals surface area contributed by atoms with E-state index in [1.54, 1.807) is 11.8 Å². The van der Waals surface area contributed by atoms with E-state index in [1.807, 2.05) is 0 Å². The van der Waals surface area contributed by atoms with Gasteiger partial charge in [0.2, 0.25) is 0 Å². The number of aryl methyl sites for hydroxylation is 1. The van der Waals surface area contributed by atoms with Gasteiger partial charge in [-0.05, 0) is 18.1 Å². The molecule has 1 aliphatic heterocycles. The van der Waals surface area contributed by atoms with Gasteiger partial charge in [-0.25, -0.2) is 4.79 Å². The molecule has 12 heteroatoms. The van der Waals surface area contributed by atoms with Crippen LogP contribution in [0.3, 0.4) is 0 Å². The number of halogens is 6. The summed E-state index contributed by atoms with van der Waals surface area (Å²) in [6, 6.07) is 0.628. The summed E-state index contributed by atoms with van der Waals surface area (Å²) in [4.78, 5) is 17.1. The first-order chi connectivity index (χ1) is 12.8. The van der Waals surface area contributed by atoms with Crippen LogP contribution in [0.5, 0.6) is 0 Å². The Morgan fingerprint density at radius 1 is 1.11 bits per heavy atom. The van der Waals surface area contributed by atoms with Crippen LogP contribution in [0, 0.1) is 0 Å². The fourth-order valence-corrected chi connectivity index (χ4v) is 3.03. The van der Waals surface area contributed by atoms with Gasteiger partial charge in [0, 0.05) is 26.2 Å². The lowest BCUT2D eigenvalue weighted by molar-refractivity contribution is -0.377. The summed E-state index contributed by atoms with van der Waals surface area (Å²) in [5.74, 6) is 0. The predicted molar refractivity (Wildman–Crippen MR) is 86.0 cm³/mol. The van der Waals surface area contributed by atoms with Crippen LogP contribution < -0.4 is 4.90 Å². The van der Waals surface area contributed by atoms with Crippen LogP contribution in [0.2, 0.25) is 0 Å². The highest BCUT2D eigenvalue weighted by molar-refractivity contribution is 5.65. The van der Waals surface area contributed by atoms with Crippen molar-refractivity contribution in [2.24, 2.45) is 0 Å². The average Bonchev–Trinajstić information content (AvgIpc) is 2.59. The Balaban J connectivity index is 2.44. The Kier molecular flexibility index (Phi) is 6.02. The molecule has 1 aliphatic rings. The number of anilines is 1. The van der Waals surface area contributed by atoms with E-state index in [0.29, 0.717) is 18.2 Å². The Bertz CT molecular complexity index is 701. The second kappa shape index (κ2) is 7.64. The molecule has 1 aromatic rings. The van der Waals surface area contributed by atoms with Crippen LogP contribution in [0.15, 0.2) is 12.3 Å². The molecule has 6 nitrogen and oxygen atoms in total. The van der Waals surface area contributed by atoms with Crippen LogP contribution >= 0.6 is 0 Å². The van der Waals surface area contributed by atoms with Crippen molar-refractivity contribution in [2.75, 3.05) is 31.1 Å². The molecule has 1 fully saturated rings. The zero-order valence-corrected chi connectivity index (χ0v) is 14.8. The first-order valence-electron chi connectivity index (χ1n) is 8.41. The second-order valence-corrected chi connectivity index (χ2v) is 6.41. The minimum atomic E-state index is -6.00. The number of nitrogens with zero attached hydrogens (tertiary/aromatic N) is 3. The van der Waals surface area contributed by atoms with E-state index in [4.69, 9.17) is 5.11 Å². The van der Waals surface area contributed by atoms with E-state index < -0.39 is 29.7 Å². The number of amides is 1. The molecule has 1 saturated heterocycles. The Morgan fingerprint density at radius 3 is 2.07 bits per heavy atom. The van der Waals surface area contributed by atoms with Crippen molar-refractivity contribution >= 4 is 11.8 Å². The van der Waals surface area contributed by atoms with Gasteiger partial charge in [0.1, 0.15) is 0 Å². The number of pyridine rings is 1. The van der Waals surface area contributed by atoms with Crippen molar-refractivity contribution in [3.05, 3.63) is 23.5 Å². The summed E-state index contributed by atoms with van der Waals surface area (Å²) in [6.45, 7) is 2.40. The highest BCUT2D eigenvalue weighted by atomic mass is 19.4. The molecule has 2 heterocycles. The van der Waals surface area contributed by atoms with Crippen LogP contribution in [-0.2, 0) is 12.0 Å². The molecule has 2 N–H and O–H groups in total. The van der Waals surface area contributed by atoms with Gasteiger partial charge in [0.25, 0.3) is 5.60 Å². The Hall–Kier alpha value is -2.24. The summed E-state index contributed by atoms with van der Waals surface area (Å²) < 4.78 is 78.6. The Labute approximate surface area is 156 Å². The van der Waals surface area contributed by atoms with Crippen molar-refractivity contribution < 1.29 is 41.4 Å².